The number of rotatable bonds is 6. The molecule has 1 heterocycles. The van der Waals surface area contributed by atoms with Crippen LogP contribution in [0.1, 0.15) is 64.9 Å². The molecule has 4 N–H and O–H groups in total. The lowest BCUT2D eigenvalue weighted by atomic mass is 9.63. The van der Waals surface area contributed by atoms with Crippen molar-refractivity contribution in [3.05, 3.63) is 70.6 Å². The number of ether oxygens (including phenoxy) is 2. The molecule has 3 aliphatic rings. The quantitative estimate of drug-likeness (QED) is 0.356. The van der Waals surface area contributed by atoms with Gasteiger partial charge in [0.25, 0.3) is 10.0 Å². The summed E-state index contributed by atoms with van der Waals surface area (Å²) in [5.74, 6) is -0.109. The summed E-state index contributed by atoms with van der Waals surface area (Å²) < 4.78 is 39.9. The van der Waals surface area contributed by atoms with Crippen molar-refractivity contribution >= 4 is 33.2 Å². The third-order valence-electron chi connectivity index (χ3n) is 8.28. The first-order valence-electron chi connectivity index (χ1n) is 14.1. The Balaban J connectivity index is 1.80. The van der Waals surface area contributed by atoms with Crippen LogP contribution in [0.4, 0.5) is 5.69 Å². The molecule has 5 rings (SSSR count). The minimum atomic E-state index is -4.10. The molecule has 228 valence electrons. The van der Waals surface area contributed by atoms with E-state index in [1.165, 1.54) is 12.1 Å². The molecule has 0 spiro atoms. The van der Waals surface area contributed by atoms with Crippen LogP contribution in [0.5, 0.6) is 11.5 Å². The van der Waals surface area contributed by atoms with Crippen LogP contribution >= 0.6 is 0 Å². The fourth-order valence-electron chi connectivity index (χ4n) is 6.60. The summed E-state index contributed by atoms with van der Waals surface area (Å²) in [6, 6.07) is 11.6. The van der Waals surface area contributed by atoms with Gasteiger partial charge >= 0.3 is 0 Å². The smallest absolute Gasteiger partial charge is 0.285 e. The average Bonchev–Trinajstić information content (AvgIpc) is 2.89. The topological polar surface area (TPSA) is 154 Å². The summed E-state index contributed by atoms with van der Waals surface area (Å²) in [7, 11) is -0.970. The van der Waals surface area contributed by atoms with Crippen LogP contribution < -0.4 is 25.8 Å². The first kappa shape index (κ1) is 30.3. The van der Waals surface area contributed by atoms with Gasteiger partial charge in [-0.2, -0.15) is 8.42 Å². The Labute approximate surface area is 252 Å². The second-order valence-corrected chi connectivity index (χ2v) is 14.6. The molecule has 2 aliphatic carbocycles. The normalized spacial score (nSPS) is 20.0. The molecule has 0 aromatic heterocycles. The van der Waals surface area contributed by atoms with Gasteiger partial charge in [0.2, 0.25) is 5.96 Å². The van der Waals surface area contributed by atoms with E-state index in [4.69, 9.17) is 20.9 Å². The van der Waals surface area contributed by atoms with Gasteiger partial charge in [-0.15, -0.1) is 4.40 Å². The molecule has 0 radical (unpaired) electrons. The maximum absolute atomic E-state index is 14.1. The Morgan fingerprint density at radius 2 is 1.37 bits per heavy atom. The van der Waals surface area contributed by atoms with Gasteiger partial charge in [-0.05, 0) is 54.0 Å². The van der Waals surface area contributed by atoms with Crippen LogP contribution in [0.15, 0.2) is 74.3 Å². The predicted octanol–water partition coefficient (Wildman–Crippen LogP) is 4.56. The molecule has 1 aliphatic heterocycles. The van der Waals surface area contributed by atoms with Crippen molar-refractivity contribution in [2.24, 2.45) is 26.7 Å². The van der Waals surface area contributed by atoms with Crippen LogP contribution in [0.2, 0.25) is 0 Å². The molecule has 2 aromatic rings. The molecule has 2 aromatic carbocycles. The molecule has 0 saturated heterocycles. The number of ketones is 2. The average molecular weight is 607 g/mol. The first-order valence-corrected chi connectivity index (χ1v) is 15.5. The Kier molecular flexibility index (Phi) is 7.44. The van der Waals surface area contributed by atoms with Crippen molar-refractivity contribution in [1.82, 2.24) is 0 Å². The lowest BCUT2D eigenvalue weighted by Crippen LogP contribution is -2.44. The zero-order valence-corrected chi connectivity index (χ0v) is 26.2. The molecule has 11 heteroatoms. The zero-order chi connectivity index (χ0) is 31.5. The van der Waals surface area contributed by atoms with Gasteiger partial charge in [0.1, 0.15) is 11.5 Å². The Hall–Kier alpha value is -4.12. The first-order chi connectivity index (χ1) is 20.1. The van der Waals surface area contributed by atoms with Crippen LogP contribution in [-0.2, 0) is 19.6 Å². The summed E-state index contributed by atoms with van der Waals surface area (Å²) >= 11 is 0. The van der Waals surface area contributed by atoms with E-state index in [1.54, 1.807) is 32.4 Å². The highest BCUT2D eigenvalue weighted by Gasteiger charge is 2.50. The highest BCUT2D eigenvalue weighted by atomic mass is 32.2. The number of allylic oxidation sites excluding steroid dienone is 4. The summed E-state index contributed by atoms with van der Waals surface area (Å²) in [5, 5.41) is 0. The monoisotopic (exact) mass is 606 g/mol. The fraction of sp³-hybridized carbons (Fsp3) is 0.406. The van der Waals surface area contributed by atoms with Crippen LogP contribution in [0.25, 0.3) is 0 Å². The van der Waals surface area contributed by atoms with Gasteiger partial charge in [0.15, 0.2) is 11.6 Å². The SMILES string of the molecule is COc1ccc(C2C3=C(CC(C)(C)CC3=O)N(c3ccc(S(=O)(=O)N=C(N)N)cc3)C3=C2C(=O)CC(C)(C)C3)c(OC)c1. The van der Waals surface area contributed by atoms with E-state index in [9.17, 15) is 18.0 Å². The molecule has 43 heavy (non-hydrogen) atoms. The maximum atomic E-state index is 14.1. The Bertz CT molecular complexity index is 1660. The molecule has 0 unspecified atom stereocenters. The highest BCUT2D eigenvalue weighted by Crippen LogP contribution is 2.56. The fourth-order valence-corrected chi connectivity index (χ4v) is 7.47. The number of anilines is 1. The predicted molar refractivity (Wildman–Crippen MR) is 164 cm³/mol. The standard InChI is InChI=1S/C32H38N4O6S/c1-31(2)14-22-28(24(37)16-31)27(21-12-9-19(41-5)13-26(21)42-6)29-23(15-32(3,4)17-25(29)38)36(22)18-7-10-20(11-8-18)43(39,40)35-30(33)34/h7-13,27H,14-17H2,1-6H3,(H4,33,34,35). The van der Waals surface area contributed by atoms with Crippen molar-refractivity contribution in [3.63, 3.8) is 0 Å². The van der Waals surface area contributed by atoms with E-state index in [-0.39, 0.29) is 27.3 Å². The Morgan fingerprint density at radius 3 is 1.84 bits per heavy atom. The third-order valence-corrected chi connectivity index (χ3v) is 9.60. The van der Waals surface area contributed by atoms with Gasteiger partial charge in [0.05, 0.1) is 19.1 Å². The second-order valence-electron chi connectivity index (χ2n) is 13.0. The molecule has 0 bridgehead atoms. The van der Waals surface area contributed by atoms with Crippen molar-refractivity contribution in [2.45, 2.75) is 64.2 Å². The van der Waals surface area contributed by atoms with E-state index < -0.39 is 21.9 Å². The van der Waals surface area contributed by atoms with Gasteiger partial charge in [-0.25, -0.2) is 0 Å². The summed E-state index contributed by atoms with van der Waals surface area (Å²) in [6.45, 7) is 8.22. The van der Waals surface area contributed by atoms with Crippen LogP contribution in [-0.4, -0.2) is 40.2 Å². The number of hydrogen-bond acceptors (Lipinski definition) is 7. The molecule has 0 fully saturated rings. The van der Waals surface area contributed by atoms with Gasteiger partial charge in [-0.3, -0.25) is 9.59 Å². The minimum absolute atomic E-state index is 0.0322. The number of carbonyl (C=O) groups is 2. The molecule has 0 amide bonds. The molecular formula is C32H38N4O6S. The molecular weight excluding hydrogens is 568 g/mol. The third kappa shape index (κ3) is 5.53. The number of methoxy groups -OCH3 is 2. The van der Waals surface area contributed by atoms with Crippen molar-refractivity contribution in [3.8, 4) is 11.5 Å². The van der Waals surface area contributed by atoms with E-state index in [0.29, 0.717) is 54.0 Å². The summed E-state index contributed by atoms with van der Waals surface area (Å²) in [4.78, 5) is 30.2. The van der Waals surface area contributed by atoms with Crippen molar-refractivity contribution in [1.29, 1.82) is 0 Å². The van der Waals surface area contributed by atoms with E-state index in [1.807, 2.05) is 17.0 Å². The number of sulfonamides is 1. The van der Waals surface area contributed by atoms with E-state index in [0.717, 1.165) is 17.0 Å². The number of carbonyl (C=O) groups excluding carboxylic acids is 2. The summed E-state index contributed by atoms with van der Waals surface area (Å²) in [5.41, 5.74) is 14.1. The maximum Gasteiger partial charge on any atom is 0.285 e. The van der Waals surface area contributed by atoms with Gasteiger partial charge in [0, 0.05) is 58.6 Å². The van der Waals surface area contributed by atoms with E-state index in [2.05, 4.69) is 32.1 Å². The number of benzene rings is 2. The minimum Gasteiger partial charge on any atom is -0.497 e. The van der Waals surface area contributed by atoms with Gasteiger partial charge < -0.3 is 25.8 Å². The Morgan fingerprint density at radius 1 is 0.837 bits per heavy atom. The second kappa shape index (κ2) is 10.6. The zero-order valence-electron chi connectivity index (χ0n) is 25.4. The van der Waals surface area contributed by atoms with Crippen molar-refractivity contribution < 1.29 is 27.5 Å². The number of hydrogen-bond donors (Lipinski definition) is 2. The molecule has 0 atom stereocenters. The molecule has 10 nitrogen and oxygen atoms in total. The van der Waals surface area contributed by atoms with Gasteiger partial charge in [-0.1, -0.05) is 33.8 Å². The van der Waals surface area contributed by atoms with Crippen LogP contribution in [0, 0.1) is 10.8 Å². The number of nitrogens with two attached hydrogens (primary N) is 2. The largest absolute Gasteiger partial charge is 0.497 e. The highest BCUT2D eigenvalue weighted by molar-refractivity contribution is 7.90. The number of nitrogens with zero attached hydrogens (tertiary/aromatic N) is 2. The lowest BCUT2D eigenvalue weighted by Gasteiger charge is -2.49. The number of guanidine groups is 1. The lowest BCUT2D eigenvalue weighted by molar-refractivity contribution is -0.119. The summed E-state index contributed by atoms with van der Waals surface area (Å²) in [6.07, 6.45) is 1.80. The van der Waals surface area contributed by atoms with E-state index >= 15 is 0 Å². The van der Waals surface area contributed by atoms with Crippen LogP contribution in [0.3, 0.4) is 0 Å². The molecule has 0 saturated carbocycles. The number of Topliss-reactive ketones (excluding diaryl/α,β-unsaturated/α-hetero) is 2. The van der Waals surface area contributed by atoms with Crippen molar-refractivity contribution in [2.75, 3.05) is 19.1 Å².